The normalized spacial score (nSPS) is 13.0. The van der Waals surface area contributed by atoms with Gasteiger partial charge >= 0.3 is 5.97 Å². The zero-order valence-electron chi connectivity index (χ0n) is 28.5. The summed E-state index contributed by atoms with van der Waals surface area (Å²) < 4.78 is 10.7. The van der Waals surface area contributed by atoms with Crippen LogP contribution in [-0.2, 0) is 10.2 Å². The molecule has 1 aliphatic rings. The minimum absolute atomic E-state index is 0.0935. The third-order valence-corrected chi connectivity index (χ3v) is 9.41. The summed E-state index contributed by atoms with van der Waals surface area (Å²) in [7, 11) is 1.67. The molecule has 0 saturated heterocycles. The largest absolute Gasteiger partial charge is 0.497 e. The standard InChI is InChI=1S/C45H39NO3/c1-30-10-18-35(19-11-30)46(37-22-27-41-40-8-6-7-9-43(40)45(3,4)44(41)29-37)36-20-12-32(13-21-36)28-42(33-14-23-38(48-5)24-15-33)34-16-25-39(26-17-34)49-31(2)47/h6-29H,1-5H3/b42-28-. The summed E-state index contributed by atoms with van der Waals surface area (Å²) in [6, 6.07) is 48.8. The second-order valence-corrected chi connectivity index (χ2v) is 13.1. The third-order valence-electron chi connectivity index (χ3n) is 9.41. The van der Waals surface area contributed by atoms with Crippen LogP contribution in [0.15, 0.2) is 140 Å². The van der Waals surface area contributed by atoms with Crippen LogP contribution in [0.3, 0.4) is 0 Å². The first kappa shape index (κ1) is 31.7. The van der Waals surface area contributed by atoms with Gasteiger partial charge in [0.2, 0.25) is 0 Å². The summed E-state index contributed by atoms with van der Waals surface area (Å²) in [6.45, 7) is 8.17. The molecule has 0 N–H and O–H groups in total. The van der Waals surface area contributed by atoms with Crippen LogP contribution in [0.25, 0.3) is 22.8 Å². The van der Waals surface area contributed by atoms with Crippen LogP contribution in [0.5, 0.6) is 11.5 Å². The Morgan fingerprint density at radius 3 is 1.80 bits per heavy atom. The fourth-order valence-corrected chi connectivity index (χ4v) is 6.83. The van der Waals surface area contributed by atoms with Gasteiger partial charge in [0.15, 0.2) is 0 Å². The number of carbonyl (C=O) groups is 1. The van der Waals surface area contributed by atoms with Crippen LogP contribution in [0.1, 0.15) is 54.2 Å². The highest BCUT2D eigenvalue weighted by Gasteiger charge is 2.35. The number of benzene rings is 6. The van der Waals surface area contributed by atoms with Gasteiger partial charge in [0.1, 0.15) is 11.5 Å². The van der Waals surface area contributed by atoms with Crippen molar-refractivity contribution in [1.82, 2.24) is 0 Å². The van der Waals surface area contributed by atoms with Crippen LogP contribution in [-0.4, -0.2) is 13.1 Å². The molecule has 0 unspecified atom stereocenters. The molecule has 6 aromatic carbocycles. The van der Waals surface area contributed by atoms with Crippen molar-refractivity contribution in [2.75, 3.05) is 12.0 Å². The van der Waals surface area contributed by atoms with E-state index in [-0.39, 0.29) is 11.4 Å². The zero-order valence-corrected chi connectivity index (χ0v) is 28.5. The lowest BCUT2D eigenvalue weighted by atomic mass is 9.82. The van der Waals surface area contributed by atoms with E-state index in [1.165, 1.54) is 34.7 Å². The number of methoxy groups -OCH3 is 1. The van der Waals surface area contributed by atoms with Gasteiger partial charge in [-0.15, -0.1) is 0 Å². The molecule has 4 heteroatoms. The lowest BCUT2D eigenvalue weighted by Gasteiger charge is -2.28. The lowest BCUT2D eigenvalue weighted by molar-refractivity contribution is -0.131. The van der Waals surface area contributed by atoms with Gasteiger partial charge in [-0.3, -0.25) is 4.79 Å². The minimum Gasteiger partial charge on any atom is -0.497 e. The molecule has 0 atom stereocenters. The second-order valence-electron chi connectivity index (χ2n) is 13.1. The molecule has 0 saturated carbocycles. The smallest absolute Gasteiger partial charge is 0.308 e. The summed E-state index contributed by atoms with van der Waals surface area (Å²) in [4.78, 5) is 13.8. The number of ether oxygens (including phenoxy) is 2. The molecular formula is C45H39NO3. The molecular weight excluding hydrogens is 602 g/mol. The Kier molecular flexibility index (Phi) is 8.39. The summed E-state index contributed by atoms with van der Waals surface area (Å²) >= 11 is 0. The van der Waals surface area contributed by atoms with Gasteiger partial charge in [-0.2, -0.15) is 0 Å². The Morgan fingerprint density at radius 2 is 1.18 bits per heavy atom. The van der Waals surface area contributed by atoms with E-state index >= 15 is 0 Å². The lowest BCUT2D eigenvalue weighted by Crippen LogP contribution is -2.16. The van der Waals surface area contributed by atoms with Gasteiger partial charge in [-0.25, -0.2) is 0 Å². The first-order valence-corrected chi connectivity index (χ1v) is 16.6. The number of aryl methyl sites for hydroxylation is 1. The van der Waals surface area contributed by atoms with Gasteiger partial charge in [0.05, 0.1) is 7.11 Å². The Labute approximate surface area is 288 Å². The van der Waals surface area contributed by atoms with Crippen molar-refractivity contribution in [2.45, 2.75) is 33.1 Å². The average molecular weight is 642 g/mol. The Bertz CT molecular complexity index is 2160. The van der Waals surface area contributed by atoms with Crippen molar-refractivity contribution in [3.8, 4) is 22.6 Å². The highest BCUT2D eigenvalue weighted by atomic mass is 16.5. The molecule has 242 valence electrons. The maximum Gasteiger partial charge on any atom is 0.308 e. The van der Waals surface area contributed by atoms with Crippen molar-refractivity contribution < 1.29 is 14.3 Å². The quantitative estimate of drug-likeness (QED) is 0.0942. The third kappa shape index (κ3) is 6.26. The molecule has 0 aromatic heterocycles. The predicted molar refractivity (Wildman–Crippen MR) is 201 cm³/mol. The molecule has 0 heterocycles. The second kappa shape index (κ2) is 13.0. The molecule has 4 nitrogen and oxygen atoms in total. The first-order chi connectivity index (χ1) is 23.7. The van der Waals surface area contributed by atoms with E-state index in [0.717, 1.165) is 45.1 Å². The number of carbonyl (C=O) groups excluding carboxylic acids is 1. The Balaban J connectivity index is 1.29. The van der Waals surface area contributed by atoms with Gasteiger partial charge in [0, 0.05) is 29.4 Å². The highest BCUT2D eigenvalue weighted by molar-refractivity contribution is 5.92. The van der Waals surface area contributed by atoms with Gasteiger partial charge in [-0.05, 0) is 118 Å². The van der Waals surface area contributed by atoms with E-state index < -0.39 is 0 Å². The minimum atomic E-state index is -0.341. The Hall–Kier alpha value is -5.87. The first-order valence-electron chi connectivity index (χ1n) is 16.6. The van der Waals surface area contributed by atoms with E-state index in [4.69, 9.17) is 9.47 Å². The predicted octanol–water partition coefficient (Wildman–Crippen LogP) is 11.3. The fourth-order valence-electron chi connectivity index (χ4n) is 6.83. The molecule has 49 heavy (non-hydrogen) atoms. The number of nitrogens with zero attached hydrogens (tertiary/aromatic N) is 1. The van der Waals surface area contributed by atoms with Crippen molar-refractivity contribution in [3.05, 3.63) is 173 Å². The van der Waals surface area contributed by atoms with Crippen LogP contribution in [0.4, 0.5) is 17.1 Å². The van der Waals surface area contributed by atoms with E-state index in [0.29, 0.717) is 5.75 Å². The summed E-state index contributed by atoms with van der Waals surface area (Å²) in [5.41, 5.74) is 13.9. The van der Waals surface area contributed by atoms with Gasteiger partial charge < -0.3 is 14.4 Å². The Morgan fingerprint density at radius 1 is 0.633 bits per heavy atom. The molecule has 0 fully saturated rings. The highest BCUT2D eigenvalue weighted by Crippen LogP contribution is 2.50. The van der Waals surface area contributed by atoms with E-state index in [9.17, 15) is 4.79 Å². The maximum absolute atomic E-state index is 11.5. The molecule has 0 aliphatic heterocycles. The molecule has 7 rings (SSSR count). The SMILES string of the molecule is COc1ccc(/C(=C/c2ccc(N(c3ccc(C)cc3)c3ccc4c(c3)C(C)(C)c3ccccc3-4)cc2)c2ccc(OC(C)=O)cc2)cc1. The molecule has 0 radical (unpaired) electrons. The van der Waals surface area contributed by atoms with Crippen LogP contribution in [0.2, 0.25) is 0 Å². The van der Waals surface area contributed by atoms with Crippen LogP contribution in [0, 0.1) is 6.92 Å². The number of rotatable bonds is 8. The fraction of sp³-hybridized carbons (Fsp3) is 0.133. The monoisotopic (exact) mass is 641 g/mol. The summed E-state index contributed by atoms with van der Waals surface area (Å²) in [6.07, 6.45) is 2.19. The number of hydrogen-bond acceptors (Lipinski definition) is 4. The maximum atomic E-state index is 11.5. The molecule has 0 bridgehead atoms. The van der Waals surface area contributed by atoms with E-state index in [2.05, 4.69) is 135 Å². The van der Waals surface area contributed by atoms with Crippen molar-refractivity contribution >= 4 is 34.7 Å². The van der Waals surface area contributed by atoms with Crippen molar-refractivity contribution in [2.24, 2.45) is 0 Å². The van der Waals surface area contributed by atoms with Crippen LogP contribution < -0.4 is 14.4 Å². The van der Waals surface area contributed by atoms with Crippen molar-refractivity contribution in [3.63, 3.8) is 0 Å². The topological polar surface area (TPSA) is 38.8 Å². The number of esters is 1. The summed E-state index contributed by atoms with van der Waals surface area (Å²) in [5.74, 6) is 0.976. The molecule has 1 aliphatic carbocycles. The molecule has 6 aromatic rings. The average Bonchev–Trinajstić information content (AvgIpc) is 3.35. The zero-order chi connectivity index (χ0) is 34.1. The molecule has 0 spiro atoms. The number of hydrogen-bond donors (Lipinski definition) is 0. The van der Waals surface area contributed by atoms with Crippen LogP contribution >= 0.6 is 0 Å². The summed E-state index contributed by atoms with van der Waals surface area (Å²) in [5, 5.41) is 0. The molecule has 0 amide bonds. The van der Waals surface area contributed by atoms with E-state index in [1.54, 1.807) is 7.11 Å². The van der Waals surface area contributed by atoms with Gasteiger partial charge in [0.25, 0.3) is 0 Å². The van der Waals surface area contributed by atoms with Gasteiger partial charge in [-0.1, -0.05) is 98.3 Å². The number of anilines is 3. The number of fused-ring (bicyclic) bond motifs is 3. The van der Waals surface area contributed by atoms with E-state index in [1.807, 2.05) is 36.4 Å². The van der Waals surface area contributed by atoms with Crippen molar-refractivity contribution in [1.29, 1.82) is 0 Å².